The zero-order valence-corrected chi connectivity index (χ0v) is 14.2. The second kappa shape index (κ2) is 5.69. The molecule has 0 bridgehead atoms. The first-order valence-corrected chi connectivity index (χ1v) is 8.52. The molecule has 1 atom stereocenters. The maximum Gasteiger partial charge on any atom is 0.236 e. The smallest absolute Gasteiger partial charge is 0.236 e. The lowest BCUT2D eigenvalue weighted by molar-refractivity contribution is 0.927. The van der Waals surface area contributed by atoms with E-state index in [2.05, 4.69) is 44.3 Å². The highest BCUT2D eigenvalue weighted by Crippen LogP contribution is 2.35. The Morgan fingerprint density at radius 3 is 2.46 bits per heavy atom. The minimum Gasteiger partial charge on any atom is -0.311 e. The number of imidazole rings is 1. The second-order valence-corrected chi connectivity index (χ2v) is 6.97. The van der Waals surface area contributed by atoms with Crippen molar-refractivity contribution in [3.63, 3.8) is 0 Å². The summed E-state index contributed by atoms with van der Waals surface area (Å²) < 4.78 is 4.15. The minimum absolute atomic E-state index is 0.212. The van der Waals surface area contributed by atoms with Crippen LogP contribution in [-0.2, 0) is 7.05 Å². The number of fused-ring (bicyclic) bond motifs is 3. The van der Waals surface area contributed by atoms with E-state index >= 15 is 0 Å². The lowest BCUT2D eigenvalue weighted by Gasteiger charge is -2.10. The number of thioether (sulfide) groups is 1. The van der Waals surface area contributed by atoms with Crippen molar-refractivity contribution in [2.24, 2.45) is 7.05 Å². The summed E-state index contributed by atoms with van der Waals surface area (Å²) >= 11 is 1.67. The molecule has 0 aliphatic heterocycles. The Kier molecular flexibility index (Phi) is 3.51. The van der Waals surface area contributed by atoms with Gasteiger partial charge in [0.05, 0.1) is 22.7 Å². The summed E-state index contributed by atoms with van der Waals surface area (Å²) in [6, 6.07) is 18.1. The van der Waals surface area contributed by atoms with E-state index < -0.39 is 0 Å². The molecule has 6 heteroatoms. The third kappa shape index (κ3) is 2.25. The maximum atomic E-state index is 8.92. The van der Waals surface area contributed by atoms with Crippen LogP contribution >= 0.6 is 11.8 Å². The van der Waals surface area contributed by atoms with Crippen molar-refractivity contribution >= 4 is 28.6 Å². The van der Waals surface area contributed by atoms with Gasteiger partial charge in [-0.25, -0.2) is 0 Å². The predicted molar refractivity (Wildman–Crippen MR) is 94.9 cm³/mol. The quantitative estimate of drug-likeness (QED) is 0.533. The normalized spacial score (nSPS) is 12.5. The Morgan fingerprint density at radius 1 is 1.04 bits per heavy atom. The Labute approximate surface area is 143 Å². The average Bonchev–Trinajstić information content (AvgIpc) is 3.16. The number of nitriles is 1. The zero-order valence-electron chi connectivity index (χ0n) is 13.3. The van der Waals surface area contributed by atoms with Gasteiger partial charge in [0.15, 0.2) is 5.16 Å². The summed E-state index contributed by atoms with van der Waals surface area (Å²) in [6.45, 7) is 2.14. The zero-order chi connectivity index (χ0) is 16.7. The molecule has 118 valence electrons. The van der Waals surface area contributed by atoms with Crippen molar-refractivity contribution in [3.8, 4) is 6.07 Å². The molecule has 2 aromatic carbocycles. The standard InChI is InChI=1S/C18H15N5S/c1-12(14-9-7-13(11-19)8-10-14)24-18-21-20-17-22(2)15-5-3-4-6-16(15)23(17)18/h3-10,12H,1-2H3/t12-/m0/s1. The maximum absolute atomic E-state index is 8.92. The van der Waals surface area contributed by atoms with Crippen LogP contribution in [0.1, 0.15) is 23.3 Å². The number of rotatable bonds is 3. The summed E-state index contributed by atoms with van der Waals surface area (Å²) in [5.41, 5.74) is 4.08. The van der Waals surface area contributed by atoms with Gasteiger partial charge in [-0.1, -0.05) is 36.0 Å². The molecule has 0 saturated heterocycles. The summed E-state index contributed by atoms with van der Waals surface area (Å²) in [5.74, 6) is 0.839. The molecule has 4 rings (SSSR count). The summed E-state index contributed by atoms with van der Waals surface area (Å²) in [5, 5.41) is 18.7. The number of hydrogen-bond acceptors (Lipinski definition) is 4. The van der Waals surface area contributed by atoms with Gasteiger partial charge in [-0.05, 0) is 36.8 Å². The molecule has 0 unspecified atom stereocenters. The molecule has 5 nitrogen and oxygen atoms in total. The van der Waals surface area contributed by atoms with Crippen molar-refractivity contribution in [1.82, 2.24) is 19.2 Å². The van der Waals surface area contributed by atoms with Gasteiger partial charge in [0.25, 0.3) is 0 Å². The molecule has 2 aromatic heterocycles. The van der Waals surface area contributed by atoms with Crippen LogP contribution in [0.2, 0.25) is 0 Å². The number of nitrogens with zero attached hydrogens (tertiary/aromatic N) is 5. The summed E-state index contributed by atoms with van der Waals surface area (Å²) in [7, 11) is 2.00. The molecule has 0 amide bonds. The van der Waals surface area contributed by atoms with Crippen LogP contribution in [0.3, 0.4) is 0 Å². The number of aromatic nitrogens is 4. The average molecular weight is 333 g/mol. The predicted octanol–water partition coefficient (Wildman–Crippen LogP) is 3.95. The van der Waals surface area contributed by atoms with Gasteiger partial charge >= 0.3 is 0 Å². The Bertz CT molecular complexity index is 1070. The molecule has 0 fully saturated rings. The van der Waals surface area contributed by atoms with E-state index in [4.69, 9.17) is 5.26 Å². The van der Waals surface area contributed by atoms with Crippen LogP contribution in [0.5, 0.6) is 0 Å². The molecular formula is C18H15N5S. The van der Waals surface area contributed by atoms with E-state index in [1.807, 2.05) is 43.4 Å². The van der Waals surface area contributed by atoms with Crippen molar-refractivity contribution in [3.05, 3.63) is 59.7 Å². The van der Waals surface area contributed by atoms with Gasteiger partial charge in [0.1, 0.15) is 0 Å². The van der Waals surface area contributed by atoms with E-state index in [1.54, 1.807) is 11.8 Å². The Balaban J connectivity index is 1.74. The molecular weight excluding hydrogens is 318 g/mol. The monoisotopic (exact) mass is 333 g/mol. The molecule has 24 heavy (non-hydrogen) atoms. The molecule has 0 aliphatic carbocycles. The van der Waals surface area contributed by atoms with Gasteiger partial charge in [-0.15, -0.1) is 10.2 Å². The highest BCUT2D eigenvalue weighted by atomic mass is 32.2. The SMILES string of the molecule is C[C@H](Sc1nnc2n(C)c3ccccc3n12)c1ccc(C#N)cc1. The van der Waals surface area contributed by atoms with E-state index in [-0.39, 0.29) is 5.25 Å². The molecule has 4 aromatic rings. The van der Waals surface area contributed by atoms with Crippen LogP contribution in [-0.4, -0.2) is 19.2 Å². The van der Waals surface area contributed by atoms with Crippen molar-refractivity contribution < 1.29 is 0 Å². The van der Waals surface area contributed by atoms with Gasteiger partial charge in [0, 0.05) is 12.3 Å². The lowest BCUT2D eigenvalue weighted by Crippen LogP contribution is -1.92. The van der Waals surface area contributed by atoms with Gasteiger partial charge in [-0.2, -0.15) is 5.26 Å². The molecule has 0 aliphatic rings. The fraction of sp³-hybridized carbons (Fsp3) is 0.167. The lowest BCUT2D eigenvalue weighted by atomic mass is 10.1. The molecule has 0 spiro atoms. The number of para-hydroxylation sites is 2. The molecule has 2 heterocycles. The highest BCUT2D eigenvalue weighted by molar-refractivity contribution is 7.99. The van der Waals surface area contributed by atoms with E-state index in [0.29, 0.717) is 5.56 Å². The van der Waals surface area contributed by atoms with Gasteiger partial charge in [0.2, 0.25) is 5.78 Å². The topological polar surface area (TPSA) is 58.9 Å². The molecule has 0 N–H and O–H groups in total. The second-order valence-electron chi connectivity index (χ2n) is 5.66. The minimum atomic E-state index is 0.212. The highest BCUT2D eigenvalue weighted by Gasteiger charge is 2.17. The fourth-order valence-corrected chi connectivity index (χ4v) is 3.85. The first-order chi connectivity index (χ1) is 11.7. The van der Waals surface area contributed by atoms with Crippen molar-refractivity contribution in [1.29, 1.82) is 5.26 Å². The van der Waals surface area contributed by atoms with Crippen molar-refractivity contribution in [2.45, 2.75) is 17.3 Å². The van der Waals surface area contributed by atoms with E-state index in [0.717, 1.165) is 27.5 Å². The Hall–Kier alpha value is -2.78. The largest absolute Gasteiger partial charge is 0.311 e. The van der Waals surface area contributed by atoms with E-state index in [9.17, 15) is 0 Å². The number of benzene rings is 2. The van der Waals surface area contributed by atoms with Crippen LogP contribution in [0.15, 0.2) is 53.7 Å². The first kappa shape index (κ1) is 14.8. The first-order valence-electron chi connectivity index (χ1n) is 7.64. The van der Waals surface area contributed by atoms with E-state index in [1.165, 1.54) is 0 Å². The number of aryl methyl sites for hydroxylation is 1. The third-order valence-corrected chi connectivity index (χ3v) is 5.29. The van der Waals surface area contributed by atoms with Gasteiger partial charge in [-0.3, -0.25) is 4.40 Å². The molecule has 0 saturated carbocycles. The fourth-order valence-electron chi connectivity index (χ4n) is 2.87. The van der Waals surface area contributed by atoms with Crippen LogP contribution in [0.25, 0.3) is 16.8 Å². The summed E-state index contributed by atoms with van der Waals surface area (Å²) in [6.07, 6.45) is 0. The summed E-state index contributed by atoms with van der Waals surface area (Å²) in [4.78, 5) is 0. The number of hydrogen-bond donors (Lipinski definition) is 0. The van der Waals surface area contributed by atoms with Crippen LogP contribution in [0.4, 0.5) is 0 Å². The third-order valence-electron chi connectivity index (χ3n) is 4.19. The van der Waals surface area contributed by atoms with Crippen molar-refractivity contribution in [2.75, 3.05) is 0 Å². The van der Waals surface area contributed by atoms with Gasteiger partial charge < -0.3 is 4.57 Å². The molecule has 0 radical (unpaired) electrons. The van der Waals surface area contributed by atoms with Crippen LogP contribution in [0, 0.1) is 11.3 Å². The van der Waals surface area contributed by atoms with Crippen LogP contribution < -0.4 is 0 Å². The Morgan fingerprint density at radius 2 is 1.75 bits per heavy atom.